The number of benzene rings is 1. The molecule has 0 aliphatic carbocycles. The van der Waals surface area contributed by atoms with Crippen molar-refractivity contribution in [2.75, 3.05) is 19.4 Å². The Labute approximate surface area is 102 Å². The Morgan fingerprint density at radius 2 is 2.06 bits per heavy atom. The Hall–Kier alpha value is -1.07. The number of methoxy groups -OCH3 is 1. The third-order valence-corrected chi connectivity index (χ3v) is 4.83. The lowest BCUT2D eigenvalue weighted by atomic mass is 10.3. The van der Waals surface area contributed by atoms with Crippen LogP contribution in [-0.4, -0.2) is 33.9 Å². The molecule has 0 saturated carbocycles. The molecule has 94 valence electrons. The van der Waals surface area contributed by atoms with E-state index in [9.17, 15) is 8.42 Å². The van der Waals surface area contributed by atoms with E-state index in [1.165, 1.54) is 0 Å². The molecule has 0 spiro atoms. The maximum absolute atomic E-state index is 12.1. The monoisotopic (exact) mass is 255 g/mol. The van der Waals surface area contributed by atoms with Crippen LogP contribution in [0.5, 0.6) is 5.75 Å². The first kappa shape index (κ1) is 12.4. The lowest BCUT2D eigenvalue weighted by Gasteiger charge is -2.11. The van der Waals surface area contributed by atoms with Crippen molar-refractivity contribution in [1.29, 1.82) is 0 Å². The minimum Gasteiger partial charge on any atom is -0.497 e. The predicted molar refractivity (Wildman–Crippen MR) is 66.1 cm³/mol. The SMILES string of the molecule is COc1ccc(S(=O)(=O)C[C@@H]2CCCN2)cc1. The average Bonchev–Trinajstić information content (AvgIpc) is 2.81. The highest BCUT2D eigenvalue weighted by Crippen LogP contribution is 2.19. The van der Waals surface area contributed by atoms with E-state index in [0.717, 1.165) is 19.4 Å². The van der Waals surface area contributed by atoms with Gasteiger partial charge in [0, 0.05) is 6.04 Å². The van der Waals surface area contributed by atoms with E-state index in [1.54, 1.807) is 31.4 Å². The van der Waals surface area contributed by atoms with E-state index < -0.39 is 9.84 Å². The quantitative estimate of drug-likeness (QED) is 0.879. The zero-order valence-corrected chi connectivity index (χ0v) is 10.7. The fraction of sp³-hybridized carbons (Fsp3) is 0.500. The van der Waals surface area contributed by atoms with E-state index in [0.29, 0.717) is 10.6 Å². The summed E-state index contributed by atoms with van der Waals surface area (Å²) in [6, 6.07) is 6.65. The molecule has 1 aliphatic heterocycles. The summed E-state index contributed by atoms with van der Waals surface area (Å²) in [5.74, 6) is 0.849. The Bertz CT molecular complexity index is 461. The topological polar surface area (TPSA) is 55.4 Å². The van der Waals surface area contributed by atoms with Gasteiger partial charge in [-0.2, -0.15) is 0 Å². The summed E-state index contributed by atoms with van der Waals surface area (Å²) in [5, 5.41) is 3.20. The van der Waals surface area contributed by atoms with Crippen LogP contribution in [0.25, 0.3) is 0 Å². The van der Waals surface area contributed by atoms with Gasteiger partial charge in [-0.15, -0.1) is 0 Å². The molecule has 17 heavy (non-hydrogen) atoms. The second kappa shape index (κ2) is 5.06. The Morgan fingerprint density at radius 3 is 2.59 bits per heavy atom. The van der Waals surface area contributed by atoms with E-state index in [2.05, 4.69) is 5.32 Å². The molecule has 1 aliphatic rings. The maximum atomic E-state index is 12.1. The van der Waals surface area contributed by atoms with Crippen LogP contribution in [0.15, 0.2) is 29.2 Å². The highest BCUT2D eigenvalue weighted by atomic mass is 32.2. The number of sulfone groups is 1. The summed E-state index contributed by atoms with van der Waals surface area (Å²) in [6.07, 6.45) is 2.00. The van der Waals surface area contributed by atoms with Crippen molar-refractivity contribution in [2.45, 2.75) is 23.8 Å². The number of rotatable bonds is 4. The van der Waals surface area contributed by atoms with Crippen LogP contribution < -0.4 is 10.1 Å². The molecule has 1 saturated heterocycles. The van der Waals surface area contributed by atoms with E-state index in [1.807, 2.05) is 0 Å². The lowest BCUT2D eigenvalue weighted by molar-refractivity contribution is 0.414. The molecule has 1 aromatic rings. The van der Waals surface area contributed by atoms with Gasteiger partial charge >= 0.3 is 0 Å². The molecule has 1 fully saturated rings. The van der Waals surface area contributed by atoms with Crippen molar-refractivity contribution in [2.24, 2.45) is 0 Å². The molecular formula is C12H17NO3S. The van der Waals surface area contributed by atoms with Crippen LogP contribution in [0.4, 0.5) is 0 Å². The van der Waals surface area contributed by atoms with Gasteiger partial charge < -0.3 is 10.1 Å². The molecule has 1 heterocycles. The van der Waals surface area contributed by atoms with Crippen molar-refractivity contribution < 1.29 is 13.2 Å². The van der Waals surface area contributed by atoms with Gasteiger partial charge in [-0.25, -0.2) is 8.42 Å². The van der Waals surface area contributed by atoms with Crippen LogP contribution in [0.1, 0.15) is 12.8 Å². The predicted octanol–water partition coefficient (Wildman–Crippen LogP) is 1.22. The maximum Gasteiger partial charge on any atom is 0.179 e. The Kier molecular flexibility index (Phi) is 3.69. The van der Waals surface area contributed by atoms with E-state index >= 15 is 0 Å². The third kappa shape index (κ3) is 2.98. The summed E-state index contributed by atoms with van der Waals surface area (Å²) < 4.78 is 29.2. The third-order valence-electron chi connectivity index (χ3n) is 3.00. The molecule has 2 rings (SSSR count). The molecule has 1 atom stereocenters. The Morgan fingerprint density at radius 1 is 1.35 bits per heavy atom. The summed E-state index contributed by atoms with van der Waals surface area (Å²) >= 11 is 0. The van der Waals surface area contributed by atoms with Crippen LogP contribution in [0.2, 0.25) is 0 Å². The lowest BCUT2D eigenvalue weighted by Crippen LogP contribution is -2.29. The van der Waals surface area contributed by atoms with Gasteiger partial charge in [0.25, 0.3) is 0 Å². The van der Waals surface area contributed by atoms with Crippen LogP contribution in [-0.2, 0) is 9.84 Å². The first-order valence-corrected chi connectivity index (χ1v) is 7.37. The molecule has 1 N–H and O–H groups in total. The molecule has 1 aromatic carbocycles. The second-order valence-corrected chi connectivity index (χ2v) is 6.28. The van der Waals surface area contributed by atoms with Crippen LogP contribution >= 0.6 is 0 Å². The highest BCUT2D eigenvalue weighted by molar-refractivity contribution is 7.91. The van der Waals surface area contributed by atoms with Crippen molar-refractivity contribution >= 4 is 9.84 Å². The van der Waals surface area contributed by atoms with E-state index in [-0.39, 0.29) is 11.8 Å². The highest BCUT2D eigenvalue weighted by Gasteiger charge is 2.23. The molecule has 0 radical (unpaired) electrons. The van der Waals surface area contributed by atoms with Gasteiger partial charge in [0.2, 0.25) is 0 Å². The molecule has 0 amide bonds. The zero-order valence-electron chi connectivity index (χ0n) is 9.85. The minimum absolute atomic E-state index is 0.0992. The van der Waals surface area contributed by atoms with Gasteiger partial charge in [0.15, 0.2) is 9.84 Å². The van der Waals surface area contributed by atoms with Crippen LogP contribution in [0, 0.1) is 0 Å². The number of hydrogen-bond acceptors (Lipinski definition) is 4. The Balaban J connectivity index is 2.12. The van der Waals surface area contributed by atoms with Crippen LogP contribution in [0.3, 0.4) is 0 Å². The smallest absolute Gasteiger partial charge is 0.179 e. The molecule has 0 unspecified atom stereocenters. The molecular weight excluding hydrogens is 238 g/mol. The summed E-state index contributed by atoms with van der Waals surface area (Å²) in [5.41, 5.74) is 0. The summed E-state index contributed by atoms with van der Waals surface area (Å²) in [6.45, 7) is 0.919. The van der Waals surface area contributed by atoms with Crippen molar-refractivity contribution in [3.63, 3.8) is 0 Å². The van der Waals surface area contributed by atoms with Crippen molar-refractivity contribution in [3.8, 4) is 5.75 Å². The average molecular weight is 255 g/mol. The van der Waals surface area contributed by atoms with Gasteiger partial charge in [-0.3, -0.25) is 0 Å². The van der Waals surface area contributed by atoms with E-state index in [4.69, 9.17) is 4.74 Å². The first-order valence-electron chi connectivity index (χ1n) is 5.72. The fourth-order valence-corrected chi connectivity index (χ4v) is 3.60. The van der Waals surface area contributed by atoms with Crippen molar-refractivity contribution in [1.82, 2.24) is 5.32 Å². The minimum atomic E-state index is -3.19. The fourth-order valence-electron chi connectivity index (χ4n) is 2.04. The second-order valence-electron chi connectivity index (χ2n) is 4.25. The van der Waals surface area contributed by atoms with Gasteiger partial charge in [-0.1, -0.05) is 0 Å². The van der Waals surface area contributed by atoms with Crippen molar-refractivity contribution in [3.05, 3.63) is 24.3 Å². The number of ether oxygens (including phenoxy) is 1. The molecule has 4 nitrogen and oxygen atoms in total. The normalized spacial score (nSPS) is 20.4. The van der Waals surface area contributed by atoms with Gasteiger partial charge in [0.05, 0.1) is 17.8 Å². The first-order chi connectivity index (χ1) is 8.12. The largest absolute Gasteiger partial charge is 0.497 e. The standard InChI is InChI=1S/C12H17NO3S/c1-16-11-4-6-12(7-5-11)17(14,15)9-10-3-2-8-13-10/h4-7,10,13H,2-3,8-9H2,1H3/t10-/m0/s1. The number of nitrogens with one attached hydrogen (secondary N) is 1. The molecule has 0 aromatic heterocycles. The van der Waals surface area contributed by atoms with Gasteiger partial charge in [0.1, 0.15) is 5.75 Å². The van der Waals surface area contributed by atoms with Gasteiger partial charge in [-0.05, 0) is 43.7 Å². The molecule has 5 heteroatoms. The molecule has 0 bridgehead atoms. The zero-order chi connectivity index (χ0) is 12.3. The summed E-state index contributed by atoms with van der Waals surface area (Å²) in [7, 11) is -1.63. The summed E-state index contributed by atoms with van der Waals surface area (Å²) in [4.78, 5) is 0.368. The number of hydrogen-bond donors (Lipinski definition) is 1.